The Balaban J connectivity index is 1.88. The standard InChI is InChI=1S/C17H21N3O3S/c1-3-14(15-5-4-10-24-15)20-17(22)19-13-8-6-12(7-9-13)18-16(21)11-23-2/h4-10,14H,3,11H2,1-2H3,(H,18,21)(H2,19,20,22). The van der Waals surface area contributed by atoms with Gasteiger partial charge < -0.3 is 20.7 Å². The summed E-state index contributed by atoms with van der Waals surface area (Å²) in [4.78, 5) is 24.7. The van der Waals surface area contributed by atoms with Crippen LogP contribution in [0.3, 0.4) is 0 Å². The number of rotatable bonds is 7. The summed E-state index contributed by atoms with van der Waals surface area (Å²) in [5.41, 5.74) is 1.30. The Kier molecular flexibility index (Phi) is 6.77. The summed E-state index contributed by atoms with van der Waals surface area (Å²) in [6.07, 6.45) is 0.818. The number of hydrogen-bond acceptors (Lipinski definition) is 4. The molecule has 1 aromatic heterocycles. The number of ether oxygens (including phenoxy) is 1. The number of hydrogen-bond donors (Lipinski definition) is 3. The number of anilines is 2. The average molecular weight is 347 g/mol. The van der Waals surface area contributed by atoms with Crippen molar-refractivity contribution in [3.63, 3.8) is 0 Å². The molecule has 1 atom stereocenters. The Hall–Kier alpha value is -2.38. The third-order valence-corrected chi connectivity index (χ3v) is 4.29. The van der Waals surface area contributed by atoms with Gasteiger partial charge in [-0.15, -0.1) is 11.3 Å². The maximum Gasteiger partial charge on any atom is 0.319 e. The van der Waals surface area contributed by atoms with Crippen LogP contribution in [0.2, 0.25) is 0 Å². The fourth-order valence-corrected chi connectivity index (χ4v) is 3.02. The first kappa shape index (κ1) is 18.0. The van der Waals surface area contributed by atoms with E-state index in [1.807, 2.05) is 24.4 Å². The van der Waals surface area contributed by atoms with Crippen LogP contribution in [0.5, 0.6) is 0 Å². The van der Waals surface area contributed by atoms with Gasteiger partial charge in [0.1, 0.15) is 6.61 Å². The van der Waals surface area contributed by atoms with Gasteiger partial charge in [0, 0.05) is 23.4 Å². The monoisotopic (exact) mass is 347 g/mol. The van der Waals surface area contributed by atoms with E-state index in [-0.39, 0.29) is 24.6 Å². The van der Waals surface area contributed by atoms with Gasteiger partial charge in [-0.05, 0) is 42.1 Å². The van der Waals surface area contributed by atoms with Crippen molar-refractivity contribution in [1.82, 2.24) is 5.32 Å². The highest BCUT2D eigenvalue weighted by Crippen LogP contribution is 2.22. The molecule has 2 rings (SSSR count). The van der Waals surface area contributed by atoms with Gasteiger partial charge in [0.05, 0.1) is 6.04 Å². The van der Waals surface area contributed by atoms with E-state index >= 15 is 0 Å². The number of carbonyl (C=O) groups is 2. The van der Waals surface area contributed by atoms with Gasteiger partial charge in [0.15, 0.2) is 0 Å². The zero-order valence-corrected chi connectivity index (χ0v) is 14.5. The zero-order valence-electron chi connectivity index (χ0n) is 13.7. The van der Waals surface area contributed by atoms with Gasteiger partial charge in [-0.3, -0.25) is 4.79 Å². The fourth-order valence-electron chi connectivity index (χ4n) is 2.15. The van der Waals surface area contributed by atoms with Crippen LogP contribution in [0.25, 0.3) is 0 Å². The number of benzene rings is 1. The molecule has 0 spiro atoms. The minimum Gasteiger partial charge on any atom is -0.375 e. The molecule has 0 aliphatic heterocycles. The molecule has 1 heterocycles. The van der Waals surface area contributed by atoms with Crippen LogP contribution in [-0.4, -0.2) is 25.7 Å². The van der Waals surface area contributed by atoms with Crippen LogP contribution in [-0.2, 0) is 9.53 Å². The molecule has 3 amide bonds. The predicted octanol–water partition coefficient (Wildman–Crippen LogP) is 3.61. The van der Waals surface area contributed by atoms with Crippen LogP contribution in [0.4, 0.5) is 16.2 Å². The van der Waals surface area contributed by atoms with Gasteiger partial charge in [0.2, 0.25) is 5.91 Å². The molecule has 1 unspecified atom stereocenters. The van der Waals surface area contributed by atoms with E-state index in [0.717, 1.165) is 11.3 Å². The van der Waals surface area contributed by atoms with Crippen molar-refractivity contribution in [3.8, 4) is 0 Å². The smallest absolute Gasteiger partial charge is 0.319 e. The first-order chi connectivity index (χ1) is 11.6. The molecule has 0 bridgehead atoms. The summed E-state index contributed by atoms with van der Waals surface area (Å²) in [6, 6.07) is 10.6. The van der Waals surface area contributed by atoms with Crippen molar-refractivity contribution in [2.75, 3.05) is 24.4 Å². The molecule has 128 valence electrons. The van der Waals surface area contributed by atoms with Gasteiger partial charge in [-0.25, -0.2) is 4.79 Å². The van der Waals surface area contributed by atoms with E-state index in [4.69, 9.17) is 4.74 Å². The number of methoxy groups -OCH3 is 1. The number of urea groups is 1. The quantitative estimate of drug-likeness (QED) is 0.716. The largest absolute Gasteiger partial charge is 0.375 e. The molecule has 0 saturated carbocycles. The molecule has 7 heteroatoms. The van der Waals surface area contributed by atoms with Crippen molar-refractivity contribution < 1.29 is 14.3 Å². The van der Waals surface area contributed by atoms with Crippen molar-refractivity contribution in [3.05, 3.63) is 46.7 Å². The predicted molar refractivity (Wildman–Crippen MR) is 96.5 cm³/mol. The highest BCUT2D eigenvalue weighted by Gasteiger charge is 2.13. The molecule has 6 nitrogen and oxygen atoms in total. The summed E-state index contributed by atoms with van der Waals surface area (Å²) in [5, 5.41) is 10.4. The summed E-state index contributed by atoms with van der Waals surface area (Å²) >= 11 is 1.62. The molecule has 3 N–H and O–H groups in total. The lowest BCUT2D eigenvalue weighted by molar-refractivity contribution is -0.119. The fraction of sp³-hybridized carbons (Fsp3) is 0.294. The topological polar surface area (TPSA) is 79.5 Å². The van der Waals surface area contributed by atoms with Crippen molar-refractivity contribution in [2.45, 2.75) is 19.4 Å². The van der Waals surface area contributed by atoms with Crippen LogP contribution in [0, 0.1) is 0 Å². The molecule has 2 aromatic rings. The summed E-state index contributed by atoms with van der Waals surface area (Å²) in [6.45, 7) is 2.03. The van der Waals surface area contributed by atoms with E-state index in [1.165, 1.54) is 7.11 Å². The zero-order chi connectivity index (χ0) is 17.4. The minimum absolute atomic E-state index is 0.00222. The second kappa shape index (κ2) is 9.05. The second-order valence-corrected chi connectivity index (χ2v) is 6.11. The Morgan fingerprint density at radius 3 is 2.33 bits per heavy atom. The van der Waals surface area contributed by atoms with Crippen LogP contribution < -0.4 is 16.0 Å². The molecule has 0 aliphatic rings. The lowest BCUT2D eigenvalue weighted by Gasteiger charge is -2.16. The number of amides is 3. The van der Waals surface area contributed by atoms with Gasteiger partial charge in [-0.1, -0.05) is 13.0 Å². The number of nitrogens with one attached hydrogen (secondary N) is 3. The summed E-state index contributed by atoms with van der Waals surface area (Å²) in [7, 11) is 1.46. The van der Waals surface area contributed by atoms with Crippen molar-refractivity contribution >= 4 is 34.6 Å². The average Bonchev–Trinajstić information content (AvgIpc) is 3.09. The van der Waals surface area contributed by atoms with E-state index < -0.39 is 0 Å². The Bertz CT molecular complexity index is 656. The van der Waals surface area contributed by atoms with Gasteiger partial charge in [-0.2, -0.15) is 0 Å². The lowest BCUT2D eigenvalue weighted by atomic mass is 10.2. The molecule has 0 aliphatic carbocycles. The van der Waals surface area contributed by atoms with E-state index in [1.54, 1.807) is 35.6 Å². The highest BCUT2D eigenvalue weighted by molar-refractivity contribution is 7.10. The second-order valence-electron chi connectivity index (χ2n) is 5.13. The van der Waals surface area contributed by atoms with Gasteiger partial charge in [0.25, 0.3) is 0 Å². The Morgan fingerprint density at radius 1 is 1.12 bits per heavy atom. The third-order valence-electron chi connectivity index (χ3n) is 3.30. The first-order valence-corrected chi connectivity index (χ1v) is 8.50. The van der Waals surface area contributed by atoms with Crippen LogP contribution in [0.1, 0.15) is 24.3 Å². The Labute approximate surface area is 145 Å². The van der Waals surface area contributed by atoms with Gasteiger partial charge >= 0.3 is 6.03 Å². The molecule has 1 aromatic carbocycles. The number of carbonyl (C=O) groups excluding carboxylic acids is 2. The molecule has 0 radical (unpaired) electrons. The Morgan fingerprint density at radius 2 is 1.79 bits per heavy atom. The first-order valence-electron chi connectivity index (χ1n) is 7.62. The molecule has 0 saturated heterocycles. The maximum atomic E-state index is 12.1. The molecule has 0 fully saturated rings. The van der Waals surface area contributed by atoms with E-state index in [2.05, 4.69) is 16.0 Å². The normalized spacial score (nSPS) is 11.6. The lowest BCUT2D eigenvalue weighted by Crippen LogP contribution is -2.31. The summed E-state index contributed by atoms with van der Waals surface area (Å²) in [5.74, 6) is -0.224. The molecule has 24 heavy (non-hydrogen) atoms. The van der Waals surface area contributed by atoms with E-state index in [0.29, 0.717) is 11.4 Å². The SMILES string of the molecule is CCC(NC(=O)Nc1ccc(NC(=O)COC)cc1)c1cccs1. The number of thiophene rings is 1. The molecular weight excluding hydrogens is 326 g/mol. The van der Waals surface area contributed by atoms with Crippen LogP contribution in [0.15, 0.2) is 41.8 Å². The third kappa shape index (κ3) is 5.36. The van der Waals surface area contributed by atoms with Crippen molar-refractivity contribution in [1.29, 1.82) is 0 Å². The van der Waals surface area contributed by atoms with Crippen LogP contribution >= 0.6 is 11.3 Å². The highest BCUT2D eigenvalue weighted by atomic mass is 32.1. The maximum absolute atomic E-state index is 12.1. The minimum atomic E-state index is -0.258. The summed E-state index contributed by atoms with van der Waals surface area (Å²) < 4.78 is 4.75. The molecular formula is C17H21N3O3S. The van der Waals surface area contributed by atoms with E-state index in [9.17, 15) is 9.59 Å². The van der Waals surface area contributed by atoms with Crippen molar-refractivity contribution in [2.24, 2.45) is 0 Å².